The van der Waals surface area contributed by atoms with Crippen LogP contribution in [0.1, 0.15) is 30.0 Å². The summed E-state index contributed by atoms with van der Waals surface area (Å²) < 4.78 is 1.90. The smallest absolute Gasteiger partial charge is 0.237 e. The molecule has 0 aliphatic carbocycles. The van der Waals surface area contributed by atoms with Gasteiger partial charge in [-0.25, -0.2) is 0 Å². The number of aryl methyl sites for hydroxylation is 1. The molecule has 3 heterocycles. The predicted octanol–water partition coefficient (Wildman–Crippen LogP) is 2.21. The molecule has 1 amide bonds. The zero-order chi connectivity index (χ0) is 15.4. The Morgan fingerprint density at radius 3 is 3.18 bits per heavy atom. The van der Waals surface area contributed by atoms with Crippen LogP contribution < -0.4 is 5.32 Å². The van der Waals surface area contributed by atoms with Crippen molar-refractivity contribution < 1.29 is 4.79 Å². The molecule has 1 aliphatic rings. The number of carbonyl (C=O) groups is 1. The van der Waals surface area contributed by atoms with Crippen molar-refractivity contribution in [1.29, 1.82) is 0 Å². The number of hydrogen-bond acceptors (Lipinski definition) is 4. The minimum absolute atomic E-state index is 0.199. The lowest BCUT2D eigenvalue weighted by Gasteiger charge is -2.24. The number of carbonyl (C=O) groups excluding carboxylic acids is 1. The summed E-state index contributed by atoms with van der Waals surface area (Å²) >= 11 is 1.70. The maximum Gasteiger partial charge on any atom is 0.237 e. The van der Waals surface area contributed by atoms with Crippen LogP contribution in [0.3, 0.4) is 0 Å². The third kappa shape index (κ3) is 3.56. The largest absolute Gasteiger partial charge is 0.335 e. The second kappa shape index (κ2) is 7.07. The van der Waals surface area contributed by atoms with E-state index >= 15 is 0 Å². The van der Waals surface area contributed by atoms with Crippen molar-refractivity contribution in [3.8, 4) is 0 Å². The zero-order valence-electron chi connectivity index (χ0n) is 12.9. The SMILES string of the molecule is Cc1cnn(CCNCC(=O)N2CCC[C@@H]2c2ccsc2)c1. The summed E-state index contributed by atoms with van der Waals surface area (Å²) in [5.74, 6) is 0.199. The molecule has 1 fully saturated rings. The summed E-state index contributed by atoms with van der Waals surface area (Å²) in [6.45, 7) is 4.84. The highest BCUT2D eigenvalue weighted by molar-refractivity contribution is 7.07. The standard InChI is InChI=1S/C16H22N4OS/c1-13-9-18-19(11-13)7-5-17-10-16(21)20-6-2-3-15(20)14-4-8-22-12-14/h4,8-9,11-12,15,17H,2-3,5-7,10H2,1H3/t15-/m1/s1. The first-order chi connectivity index (χ1) is 10.7. The van der Waals surface area contributed by atoms with Gasteiger partial charge >= 0.3 is 0 Å². The molecule has 2 aromatic heterocycles. The molecule has 0 radical (unpaired) electrons. The number of amides is 1. The molecule has 5 nitrogen and oxygen atoms in total. The van der Waals surface area contributed by atoms with E-state index in [1.54, 1.807) is 11.3 Å². The van der Waals surface area contributed by atoms with Crippen molar-refractivity contribution in [1.82, 2.24) is 20.0 Å². The van der Waals surface area contributed by atoms with Gasteiger partial charge in [0.2, 0.25) is 5.91 Å². The summed E-state index contributed by atoms with van der Waals surface area (Å²) in [7, 11) is 0. The van der Waals surface area contributed by atoms with Crippen molar-refractivity contribution >= 4 is 17.2 Å². The Morgan fingerprint density at radius 2 is 2.45 bits per heavy atom. The highest BCUT2D eigenvalue weighted by atomic mass is 32.1. The quantitative estimate of drug-likeness (QED) is 0.831. The van der Waals surface area contributed by atoms with Crippen molar-refractivity contribution in [3.05, 3.63) is 40.3 Å². The summed E-state index contributed by atoms with van der Waals surface area (Å²) in [4.78, 5) is 14.4. The van der Waals surface area contributed by atoms with Crippen LogP contribution in [0, 0.1) is 6.92 Å². The van der Waals surface area contributed by atoms with Gasteiger partial charge in [0.15, 0.2) is 0 Å². The van der Waals surface area contributed by atoms with Crippen LogP contribution >= 0.6 is 11.3 Å². The van der Waals surface area contributed by atoms with E-state index in [1.807, 2.05) is 28.9 Å². The Bertz CT molecular complexity index is 607. The van der Waals surface area contributed by atoms with Crippen molar-refractivity contribution in [2.75, 3.05) is 19.6 Å². The lowest BCUT2D eigenvalue weighted by atomic mass is 10.1. The first-order valence-electron chi connectivity index (χ1n) is 7.75. The fraction of sp³-hybridized carbons (Fsp3) is 0.500. The highest BCUT2D eigenvalue weighted by Crippen LogP contribution is 2.32. The van der Waals surface area contributed by atoms with Crippen LogP contribution in [0.15, 0.2) is 29.2 Å². The second-order valence-electron chi connectivity index (χ2n) is 5.76. The molecule has 118 valence electrons. The van der Waals surface area contributed by atoms with Crippen molar-refractivity contribution in [2.24, 2.45) is 0 Å². The van der Waals surface area contributed by atoms with Crippen LogP contribution in [0.25, 0.3) is 0 Å². The van der Waals surface area contributed by atoms with E-state index in [2.05, 4.69) is 27.2 Å². The van der Waals surface area contributed by atoms with Gasteiger partial charge < -0.3 is 10.2 Å². The Balaban J connectivity index is 1.45. The van der Waals surface area contributed by atoms with E-state index in [0.29, 0.717) is 6.54 Å². The number of hydrogen-bond donors (Lipinski definition) is 1. The van der Waals surface area contributed by atoms with Gasteiger partial charge in [-0.05, 0) is 47.7 Å². The number of nitrogens with zero attached hydrogens (tertiary/aromatic N) is 3. The minimum atomic E-state index is 0.199. The third-order valence-electron chi connectivity index (χ3n) is 4.06. The van der Waals surface area contributed by atoms with Crippen LogP contribution in [-0.4, -0.2) is 40.2 Å². The molecule has 0 aromatic carbocycles. The van der Waals surface area contributed by atoms with E-state index in [1.165, 1.54) is 5.56 Å². The lowest BCUT2D eigenvalue weighted by Crippen LogP contribution is -2.38. The van der Waals surface area contributed by atoms with Crippen molar-refractivity contribution in [2.45, 2.75) is 32.4 Å². The molecule has 0 spiro atoms. The first-order valence-corrected chi connectivity index (χ1v) is 8.69. The second-order valence-corrected chi connectivity index (χ2v) is 6.54. The van der Waals surface area contributed by atoms with Crippen molar-refractivity contribution in [3.63, 3.8) is 0 Å². The number of likely N-dealkylation sites (tertiary alicyclic amines) is 1. The molecular formula is C16H22N4OS. The Morgan fingerprint density at radius 1 is 1.55 bits per heavy atom. The Labute approximate surface area is 134 Å². The summed E-state index contributed by atoms with van der Waals surface area (Å²) in [5, 5.41) is 11.7. The van der Waals surface area contributed by atoms with Crippen LogP contribution in [-0.2, 0) is 11.3 Å². The fourth-order valence-corrected chi connectivity index (χ4v) is 3.66. The monoisotopic (exact) mass is 318 g/mol. The van der Waals surface area contributed by atoms with Gasteiger partial charge in [-0.1, -0.05) is 0 Å². The molecule has 2 aromatic rings. The van der Waals surface area contributed by atoms with E-state index in [9.17, 15) is 4.79 Å². The normalized spacial score (nSPS) is 18.0. The number of aromatic nitrogens is 2. The summed E-state index contributed by atoms with van der Waals surface area (Å²) in [6.07, 6.45) is 6.03. The fourth-order valence-electron chi connectivity index (χ4n) is 2.96. The van der Waals surface area contributed by atoms with Gasteiger partial charge in [0.25, 0.3) is 0 Å². The average Bonchev–Trinajstić information content (AvgIpc) is 3.23. The van der Waals surface area contributed by atoms with E-state index < -0.39 is 0 Å². The molecule has 0 bridgehead atoms. The van der Waals surface area contributed by atoms with E-state index in [0.717, 1.165) is 38.0 Å². The van der Waals surface area contributed by atoms with E-state index in [-0.39, 0.29) is 11.9 Å². The predicted molar refractivity (Wildman–Crippen MR) is 87.8 cm³/mol. The molecule has 1 atom stereocenters. The summed E-state index contributed by atoms with van der Waals surface area (Å²) in [5.41, 5.74) is 2.44. The Hall–Kier alpha value is -1.66. The molecule has 0 saturated carbocycles. The molecule has 0 unspecified atom stereocenters. The van der Waals surface area contributed by atoms with Gasteiger partial charge in [0.1, 0.15) is 0 Å². The molecule has 6 heteroatoms. The van der Waals surface area contributed by atoms with Gasteiger partial charge in [-0.15, -0.1) is 0 Å². The van der Waals surface area contributed by atoms with Crippen LogP contribution in [0.2, 0.25) is 0 Å². The topological polar surface area (TPSA) is 50.2 Å². The third-order valence-corrected chi connectivity index (χ3v) is 4.76. The van der Waals surface area contributed by atoms with E-state index in [4.69, 9.17) is 0 Å². The number of rotatable bonds is 6. The maximum atomic E-state index is 12.4. The van der Waals surface area contributed by atoms with Crippen LogP contribution in [0.4, 0.5) is 0 Å². The molecule has 1 saturated heterocycles. The molecule has 22 heavy (non-hydrogen) atoms. The molecular weight excluding hydrogens is 296 g/mol. The summed E-state index contributed by atoms with van der Waals surface area (Å²) in [6, 6.07) is 2.41. The van der Waals surface area contributed by atoms with Gasteiger partial charge in [0, 0.05) is 19.3 Å². The highest BCUT2D eigenvalue weighted by Gasteiger charge is 2.29. The number of nitrogens with one attached hydrogen (secondary N) is 1. The van der Waals surface area contributed by atoms with Gasteiger partial charge in [0.05, 0.1) is 25.3 Å². The molecule has 1 aliphatic heterocycles. The molecule has 3 rings (SSSR count). The van der Waals surface area contributed by atoms with Gasteiger partial charge in [-0.3, -0.25) is 9.48 Å². The average molecular weight is 318 g/mol. The zero-order valence-corrected chi connectivity index (χ0v) is 13.7. The molecule has 1 N–H and O–H groups in total. The first kappa shape index (κ1) is 15.2. The van der Waals surface area contributed by atoms with Gasteiger partial charge in [-0.2, -0.15) is 16.4 Å². The van der Waals surface area contributed by atoms with Crippen LogP contribution in [0.5, 0.6) is 0 Å². The minimum Gasteiger partial charge on any atom is -0.335 e. The number of thiophene rings is 1. The maximum absolute atomic E-state index is 12.4. The Kier molecular flexibility index (Phi) is 4.90. The lowest BCUT2D eigenvalue weighted by molar-refractivity contribution is -0.131.